The van der Waals surface area contributed by atoms with Crippen LogP contribution in [-0.4, -0.2) is 31.6 Å². The number of nitrogens with one attached hydrogen (secondary N) is 1. The molecule has 1 N–H and O–H groups in total. The summed E-state index contributed by atoms with van der Waals surface area (Å²) in [5, 5.41) is 0.143. The van der Waals surface area contributed by atoms with Crippen molar-refractivity contribution < 1.29 is 17.9 Å². The molecule has 21 heavy (non-hydrogen) atoms. The number of sulfonamides is 1. The Labute approximate surface area is 125 Å². The van der Waals surface area contributed by atoms with E-state index in [1.807, 2.05) is 0 Å². The van der Waals surface area contributed by atoms with Gasteiger partial charge in [-0.15, -0.1) is 0 Å². The lowest BCUT2D eigenvalue weighted by molar-refractivity contribution is 0.171. The zero-order chi connectivity index (χ0) is 14.9. The molecule has 0 radical (unpaired) electrons. The summed E-state index contributed by atoms with van der Waals surface area (Å²) in [6.07, 6.45) is 1.36. The Morgan fingerprint density at radius 2 is 1.90 bits per heavy atom. The van der Waals surface area contributed by atoms with E-state index in [4.69, 9.17) is 21.1 Å². The molecule has 0 amide bonds. The Balaban J connectivity index is 1.91. The van der Waals surface area contributed by atoms with E-state index in [0.29, 0.717) is 24.7 Å². The minimum absolute atomic E-state index is 0.0234. The van der Waals surface area contributed by atoms with Crippen molar-refractivity contribution in [3.05, 3.63) is 35.6 Å². The second-order valence-electron chi connectivity index (χ2n) is 4.11. The largest absolute Gasteiger partial charge is 0.486 e. The Morgan fingerprint density at radius 3 is 2.67 bits per heavy atom. The molecule has 0 spiro atoms. The Kier molecular flexibility index (Phi) is 3.56. The summed E-state index contributed by atoms with van der Waals surface area (Å²) in [5.74, 6) is 0.799. The fourth-order valence-corrected chi connectivity index (χ4v) is 2.86. The van der Waals surface area contributed by atoms with Crippen molar-refractivity contribution >= 4 is 27.6 Å². The summed E-state index contributed by atoms with van der Waals surface area (Å²) < 4.78 is 37.5. The predicted octanol–water partition coefficient (Wildman–Crippen LogP) is 1.70. The molecule has 110 valence electrons. The minimum Gasteiger partial charge on any atom is -0.486 e. The first kappa shape index (κ1) is 13.9. The normalized spacial score (nSPS) is 13.8. The van der Waals surface area contributed by atoms with E-state index in [9.17, 15) is 8.42 Å². The quantitative estimate of drug-likeness (QED) is 0.863. The molecule has 0 saturated heterocycles. The van der Waals surface area contributed by atoms with Crippen molar-refractivity contribution in [1.82, 2.24) is 9.97 Å². The van der Waals surface area contributed by atoms with Crippen LogP contribution in [0.2, 0.25) is 5.15 Å². The molecule has 1 aromatic heterocycles. The Bertz CT molecular complexity index is 782. The van der Waals surface area contributed by atoms with Crippen LogP contribution >= 0.6 is 11.6 Å². The fraction of sp³-hybridized carbons (Fsp3) is 0.167. The van der Waals surface area contributed by atoms with Crippen LogP contribution in [-0.2, 0) is 10.0 Å². The van der Waals surface area contributed by atoms with Gasteiger partial charge in [-0.1, -0.05) is 11.6 Å². The molecule has 0 atom stereocenters. The number of ether oxygens (including phenoxy) is 2. The minimum atomic E-state index is -3.83. The van der Waals surface area contributed by atoms with E-state index in [2.05, 4.69) is 14.7 Å². The lowest BCUT2D eigenvalue weighted by atomic mass is 10.3. The van der Waals surface area contributed by atoms with E-state index < -0.39 is 10.0 Å². The third-order valence-corrected chi connectivity index (χ3v) is 4.21. The van der Waals surface area contributed by atoms with E-state index in [-0.39, 0.29) is 16.0 Å². The summed E-state index contributed by atoms with van der Waals surface area (Å²) in [6, 6.07) is 5.80. The van der Waals surface area contributed by atoms with Gasteiger partial charge in [-0.25, -0.2) is 23.1 Å². The number of halogens is 1. The van der Waals surface area contributed by atoms with Crippen LogP contribution < -0.4 is 14.2 Å². The van der Waals surface area contributed by atoms with Crippen molar-refractivity contribution in [3.8, 4) is 11.5 Å². The van der Waals surface area contributed by atoms with E-state index in [1.54, 1.807) is 6.07 Å². The highest BCUT2D eigenvalue weighted by Gasteiger charge is 2.20. The third-order valence-electron chi connectivity index (χ3n) is 2.67. The molecule has 0 fully saturated rings. The van der Waals surface area contributed by atoms with Gasteiger partial charge in [0.05, 0.1) is 4.90 Å². The van der Waals surface area contributed by atoms with Crippen molar-refractivity contribution in [2.75, 3.05) is 17.9 Å². The second kappa shape index (κ2) is 5.38. The summed E-state index contributed by atoms with van der Waals surface area (Å²) in [7, 11) is -3.83. The molecule has 7 nitrogen and oxygen atoms in total. The average Bonchev–Trinajstić information content (AvgIpc) is 2.46. The highest BCUT2D eigenvalue weighted by molar-refractivity contribution is 7.92. The van der Waals surface area contributed by atoms with Crippen molar-refractivity contribution in [2.24, 2.45) is 0 Å². The third kappa shape index (κ3) is 3.01. The molecule has 0 unspecified atom stereocenters. The Hall–Kier alpha value is -2.06. The number of aromatic nitrogens is 2. The molecule has 2 heterocycles. The van der Waals surface area contributed by atoms with Crippen LogP contribution in [0.1, 0.15) is 0 Å². The van der Waals surface area contributed by atoms with Crippen LogP contribution in [0.25, 0.3) is 0 Å². The molecule has 0 saturated carbocycles. The highest BCUT2D eigenvalue weighted by Crippen LogP contribution is 2.32. The molecule has 1 aliphatic heterocycles. The maximum Gasteiger partial charge on any atom is 0.264 e. The maximum absolute atomic E-state index is 12.3. The second-order valence-corrected chi connectivity index (χ2v) is 6.18. The van der Waals surface area contributed by atoms with Crippen LogP contribution in [0.4, 0.5) is 5.95 Å². The van der Waals surface area contributed by atoms with E-state index >= 15 is 0 Å². The number of nitrogens with zero attached hydrogens (tertiary/aromatic N) is 2. The van der Waals surface area contributed by atoms with Gasteiger partial charge < -0.3 is 9.47 Å². The molecular formula is C12H10ClN3O4S. The number of hydrogen-bond acceptors (Lipinski definition) is 6. The first-order chi connectivity index (χ1) is 10.0. The lowest BCUT2D eigenvalue weighted by Gasteiger charge is -2.18. The van der Waals surface area contributed by atoms with Gasteiger partial charge in [0, 0.05) is 12.3 Å². The van der Waals surface area contributed by atoms with Crippen LogP contribution in [0.3, 0.4) is 0 Å². The standard InChI is InChI=1S/C12H10ClN3O4S/c13-11-3-4-14-12(15-11)16-21(17,18)8-1-2-9-10(7-8)20-6-5-19-9/h1-4,7H,5-6H2,(H,14,15,16). The SMILES string of the molecule is O=S(=O)(Nc1nccc(Cl)n1)c1ccc2c(c1)OCCO2. The molecule has 9 heteroatoms. The number of benzene rings is 1. The topological polar surface area (TPSA) is 90.4 Å². The number of anilines is 1. The summed E-state index contributed by atoms with van der Waals surface area (Å²) in [4.78, 5) is 7.60. The summed E-state index contributed by atoms with van der Waals surface area (Å²) in [5.41, 5.74) is 0. The van der Waals surface area contributed by atoms with Crippen LogP contribution in [0.15, 0.2) is 35.4 Å². The summed E-state index contributed by atoms with van der Waals surface area (Å²) >= 11 is 5.69. The van der Waals surface area contributed by atoms with Gasteiger partial charge in [-0.3, -0.25) is 0 Å². The molecule has 3 rings (SSSR count). The molecule has 0 aliphatic carbocycles. The van der Waals surface area contributed by atoms with Crippen LogP contribution in [0.5, 0.6) is 11.5 Å². The number of hydrogen-bond donors (Lipinski definition) is 1. The van der Waals surface area contributed by atoms with E-state index in [0.717, 1.165) is 0 Å². The van der Waals surface area contributed by atoms with Gasteiger partial charge >= 0.3 is 0 Å². The van der Waals surface area contributed by atoms with Gasteiger partial charge in [0.2, 0.25) is 5.95 Å². The van der Waals surface area contributed by atoms with Crippen LogP contribution in [0, 0.1) is 0 Å². The molecule has 2 aromatic rings. The molecule has 1 aromatic carbocycles. The van der Waals surface area contributed by atoms with Gasteiger partial charge in [0.15, 0.2) is 11.5 Å². The zero-order valence-corrected chi connectivity index (χ0v) is 12.2. The first-order valence-corrected chi connectivity index (χ1v) is 7.82. The smallest absolute Gasteiger partial charge is 0.264 e. The fourth-order valence-electron chi connectivity index (χ4n) is 1.76. The zero-order valence-electron chi connectivity index (χ0n) is 10.6. The van der Waals surface area contributed by atoms with Crippen molar-refractivity contribution in [3.63, 3.8) is 0 Å². The molecule has 1 aliphatic rings. The molecular weight excluding hydrogens is 318 g/mol. The average molecular weight is 328 g/mol. The summed E-state index contributed by atoms with van der Waals surface area (Å²) in [6.45, 7) is 0.815. The van der Waals surface area contributed by atoms with Crippen molar-refractivity contribution in [2.45, 2.75) is 4.90 Å². The van der Waals surface area contributed by atoms with Gasteiger partial charge in [-0.05, 0) is 18.2 Å². The van der Waals surface area contributed by atoms with Crippen molar-refractivity contribution in [1.29, 1.82) is 0 Å². The van der Waals surface area contributed by atoms with Gasteiger partial charge in [-0.2, -0.15) is 0 Å². The predicted molar refractivity (Wildman–Crippen MR) is 75.3 cm³/mol. The monoisotopic (exact) mass is 327 g/mol. The highest BCUT2D eigenvalue weighted by atomic mass is 35.5. The van der Waals surface area contributed by atoms with Gasteiger partial charge in [0.1, 0.15) is 18.4 Å². The molecule has 0 bridgehead atoms. The van der Waals surface area contributed by atoms with E-state index in [1.165, 1.54) is 24.4 Å². The Morgan fingerprint density at radius 1 is 1.14 bits per heavy atom. The lowest BCUT2D eigenvalue weighted by Crippen LogP contribution is -2.18. The maximum atomic E-state index is 12.3. The van der Waals surface area contributed by atoms with Gasteiger partial charge in [0.25, 0.3) is 10.0 Å². The first-order valence-electron chi connectivity index (χ1n) is 5.96. The number of fused-ring (bicyclic) bond motifs is 1. The number of rotatable bonds is 3.